The molecule has 0 spiro atoms. The van der Waals surface area contributed by atoms with Gasteiger partial charge in [0.15, 0.2) is 0 Å². The Balaban J connectivity index is 1.61. The van der Waals surface area contributed by atoms with E-state index in [1.165, 1.54) is 7.11 Å². The zero-order chi connectivity index (χ0) is 21.5. The first kappa shape index (κ1) is 20.0. The summed E-state index contributed by atoms with van der Waals surface area (Å²) in [6, 6.07) is 20.5. The predicted molar refractivity (Wildman–Crippen MR) is 118 cm³/mol. The molecule has 0 bridgehead atoms. The van der Waals surface area contributed by atoms with Crippen molar-refractivity contribution in [2.75, 3.05) is 13.7 Å². The Morgan fingerprint density at radius 2 is 1.74 bits per heavy atom. The minimum absolute atomic E-state index is 0.0153. The van der Waals surface area contributed by atoms with Crippen LogP contribution in [0.5, 0.6) is 0 Å². The number of carbonyl (C=O) groups is 2. The number of halogens is 1. The lowest BCUT2D eigenvalue weighted by Gasteiger charge is -2.48. The number of nitrogens with zero attached hydrogens (tertiary/aromatic N) is 2. The Kier molecular flexibility index (Phi) is 5.14. The van der Waals surface area contributed by atoms with Crippen LogP contribution >= 0.6 is 11.6 Å². The number of hydrogen-bond acceptors (Lipinski definition) is 5. The summed E-state index contributed by atoms with van der Waals surface area (Å²) in [4.78, 5) is 25.8. The van der Waals surface area contributed by atoms with Crippen LogP contribution in [-0.4, -0.2) is 41.6 Å². The Morgan fingerprint density at radius 1 is 1.03 bits per heavy atom. The van der Waals surface area contributed by atoms with Gasteiger partial charge in [-0.3, -0.25) is 19.9 Å². The molecular formula is C24H22ClN3O3. The molecule has 6 nitrogen and oxygen atoms in total. The maximum atomic E-state index is 12.9. The van der Waals surface area contributed by atoms with E-state index >= 15 is 0 Å². The second kappa shape index (κ2) is 7.96. The number of ether oxygens (including phenoxy) is 1. The van der Waals surface area contributed by atoms with Gasteiger partial charge in [0.2, 0.25) is 5.91 Å². The van der Waals surface area contributed by atoms with E-state index < -0.39 is 12.2 Å². The summed E-state index contributed by atoms with van der Waals surface area (Å²) in [7, 11) is 1.39. The summed E-state index contributed by atoms with van der Waals surface area (Å²) in [6.07, 6.45) is -0.0860. The van der Waals surface area contributed by atoms with Crippen LogP contribution in [-0.2, 0) is 14.3 Å². The molecule has 2 fully saturated rings. The van der Waals surface area contributed by atoms with Gasteiger partial charge in [-0.25, -0.2) is 5.01 Å². The van der Waals surface area contributed by atoms with Crippen molar-refractivity contribution in [2.24, 2.45) is 0 Å². The molecule has 3 aromatic carbocycles. The van der Waals surface area contributed by atoms with Gasteiger partial charge in [-0.05, 0) is 40.1 Å². The van der Waals surface area contributed by atoms with Gasteiger partial charge < -0.3 is 4.74 Å². The van der Waals surface area contributed by atoms with Crippen molar-refractivity contribution in [3.8, 4) is 0 Å². The number of hydrazine groups is 1. The molecule has 31 heavy (non-hydrogen) atoms. The second-order valence-electron chi connectivity index (χ2n) is 7.82. The van der Waals surface area contributed by atoms with Crippen molar-refractivity contribution in [3.05, 3.63) is 82.9 Å². The van der Waals surface area contributed by atoms with E-state index in [1.807, 2.05) is 47.5 Å². The third kappa shape index (κ3) is 3.47. The van der Waals surface area contributed by atoms with Crippen molar-refractivity contribution in [1.82, 2.24) is 15.3 Å². The maximum absolute atomic E-state index is 12.9. The number of esters is 1. The third-order valence-corrected chi connectivity index (χ3v) is 6.31. The number of nitrogens with one attached hydrogen (secondary N) is 1. The lowest BCUT2D eigenvalue weighted by atomic mass is 9.94. The minimum atomic E-state index is -0.644. The largest absolute Gasteiger partial charge is 0.468 e. The van der Waals surface area contributed by atoms with Crippen molar-refractivity contribution >= 4 is 34.2 Å². The fourth-order valence-corrected chi connectivity index (χ4v) is 4.73. The summed E-state index contributed by atoms with van der Waals surface area (Å²) in [5, 5.41) is 9.95. The number of methoxy groups -OCH3 is 1. The van der Waals surface area contributed by atoms with Crippen LogP contribution in [0.4, 0.5) is 0 Å². The molecule has 7 heteroatoms. The van der Waals surface area contributed by atoms with E-state index in [0.717, 1.165) is 21.9 Å². The maximum Gasteiger partial charge on any atom is 0.325 e. The van der Waals surface area contributed by atoms with Crippen LogP contribution in [0.2, 0.25) is 5.02 Å². The van der Waals surface area contributed by atoms with Gasteiger partial charge in [-0.15, -0.1) is 0 Å². The molecule has 0 saturated carbocycles. The fraction of sp³-hybridized carbons (Fsp3) is 0.250. The van der Waals surface area contributed by atoms with E-state index in [4.69, 9.17) is 16.3 Å². The van der Waals surface area contributed by atoms with Crippen molar-refractivity contribution in [3.63, 3.8) is 0 Å². The molecule has 3 atom stereocenters. The molecule has 2 aliphatic heterocycles. The molecule has 0 radical (unpaired) electrons. The van der Waals surface area contributed by atoms with Crippen molar-refractivity contribution in [2.45, 2.75) is 24.7 Å². The van der Waals surface area contributed by atoms with Gasteiger partial charge in [0.05, 0.1) is 13.2 Å². The predicted octanol–water partition coefficient (Wildman–Crippen LogP) is 3.83. The highest BCUT2D eigenvalue weighted by Gasteiger charge is 2.50. The van der Waals surface area contributed by atoms with Gasteiger partial charge in [0.1, 0.15) is 12.2 Å². The summed E-state index contributed by atoms with van der Waals surface area (Å²) < 4.78 is 5.15. The van der Waals surface area contributed by atoms with Crippen molar-refractivity contribution < 1.29 is 14.3 Å². The minimum Gasteiger partial charge on any atom is -0.468 e. The van der Waals surface area contributed by atoms with Crippen molar-refractivity contribution in [1.29, 1.82) is 0 Å². The summed E-state index contributed by atoms with van der Waals surface area (Å²) in [6.45, 7) is 0.537. The quantitative estimate of drug-likeness (QED) is 0.633. The molecular weight excluding hydrogens is 414 g/mol. The number of amides is 1. The van der Waals surface area contributed by atoms with Gasteiger partial charge in [0, 0.05) is 18.0 Å². The standard InChI is InChI=1S/C24H22ClN3O3/c1-31-24(30)21-22(18-7-6-15-4-2-3-5-17(15)14-18)27-13-12-20(29)28(27)23(26-21)16-8-10-19(25)11-9-16/h2-11,14,21-23,26H,12-13H2,1H3/t21-,22+,23+/m0/s1. The van der Waals surface area contributed by atoms with Gasteiger partial charge >= 0.3 is 5.97 Å². The van der Waals surface area contributed by atoms with Crippen LogP contribution in [0.1, 0.15) is 29.8 Å². The SMILES string of the molecule is COC(=O)[C@H]1N[C@@H](c2ccc(Cl)cc2)N2C(=O)CCN2[C@@H]1c1ccc2ccccc2c1. The third-order valence-electron chi connectivity index (χ3n) is 6.06. The van der Waals surface area contributed by atoms with E-state index in [0.29, 0.717) is 18.0 Å². The highest BCUT2D eigenvalue weighted by atomic mass is 35.5. The number of rotatable bonds is 3. The zero-order valence-electron chi connectivity index (χ0n) is 17.0. The van der Waals surface area contributed by atoms with Gasteiger partial charge in [-0.1, -0.05) is 60.1 Å². The highest BCUT2D eigenvalue weighted by Crippen LogP contribution is 2.40. The van der Waals surface area contributed by atoms with E-state index in [1.54, 1.807) is 17.1 Å². The number of hydrogen-bond donors (Lipinski definition) is 1. The van der Waals surface area contributed by atoms with Crippen LogP contribution in [0.15, 0.2) is 66.7 Å². The molecule has 1 N–H and O–H groups in total. The van der Waals surface area contributed by atoms with Crippen LogP contribution < -0.4 is 5.32 Å². The fourth-order valence-electron chi connectivity index (χ4n) is 4.61. The Morgan fingerprint density at radius 3 is 2.48 bits per heavy atom. The summed E-state index contributed by atoms with van der Waals surface area (Å²) in [5.74, 6) is -0.349. The molecule has 0 aromatic heterocycles. The van der Waals surface area contributed by atoms with Crippen LogP contribution in [0, 0.1) is 0 Å². The summed E-state index contributed by atoms with van der Waals surface area (Å²) >= 11 is 6.06. The molecule has 0 unspecified atom stereocenters. The highest BCUT2D eigenvalue weighted by molar-refractivity contribution is 6.30. The Bertz CT molecular complexity index is 1150. The molecule has 1 amide bonds. The van der Waals surface area contributed by atoms with E-state index in [9.17, 15) is 9.59 Å². The molecule has 2 heterocycles. The van der Waals surface area contributed by atoms with E-state index in [-0.39, 0.29) is 17.9 Å². The molecule has 0 aliphatic carbocycles. The Labute approximate surface area is 185 Å². The van der Waals surface area contributed by atoms with Gasteiger partial charge in [-0.2, -0.15) is 0 Å². The summed E-state index contributed by atoms with van der Waals surface area (Å²) in [5.41, 5.74) is 1.81. The van der Waals surface area contributed by atoms with Gasteiger partial charge in [0.25, 0.3) is 0 Å². The molecule has 158 valence electrons. The average Bonchev–Trinajstić information content (AvgIpc) is 3.19. The second-order valence-corrected chi connectivity index (χ2v) is 8.26. The first-order chi connectivity index (χ1) is 15.1. The Hall–Kier alpha value is -2.93. The van der Waals surface area contributed by atoms with Crippen LogP contribution in [0.3, 0.4) is 0 Å². The average molecular weight is 436 g/mol. The van der Waals surface area contributed by atoms with Crippen LogP contribution in [0.25, 0.3) is 10.8 Å². The first-order valence-electron chi connectivity index (χ1n) is 10.2. The number of fused-ring (bicyclic) bond motifs is 2. The lowest BCUT2D eigenvalue weighted by molar-refractivity contribution is -0.173. The monoisotopic (exact) mass is 435 g/mol. The first-order valence-corrected chi connectivity index (χ1v) is 10.6. The number of carbonyl (C=O) groups excluding carboxylic acids is 2. The zero-order valence-corrected chi connectivity index (χ0v) is 17.8. The topological polar surface area (TPSA) is 61.9 Å². The number of benzene rings is 3. The molecule has 3 aromatic rings. The normalized spacial score (nSPS) is 23.7. The molecule has 5 rings (SSSR count). The molecule has 2 aliphatic rings. The molecule has 2 saturated heterocycles. The smallest absolute Gasteiger partial charge is 0.325 e. The lowest BCUT2D eigenvalue weighted by Crippen LogP contribution is -2.63. The van der Waals surface area contributed by atoms with E-state index in [2.05, 4.69) is 17.4 Å².